The third-order valence-corrected chi connectivity index (χ3v) is 5.53. The molecule has 132 valence electrons. The maximum absolute atomic E-state index is 12.6. The number of carbonyl (C=O) groups is 2. The average Bonchev–Trinajstić information content (AvgIpc) is 3.30. The van der Waals surface area contributed by atoms with Gasteiger partial charge in [0.15, 0.2) is 0 Å². The molecule has 0 unspecified atom stereocenters. The first-order chi connectivity index (χ1) is 11.4. The van der Waals surface area contributed by atoms with E-state index in [0.717, 1.165) is 42.7 Å². The van der Waals surface area contributed by atoms with Gasteiger partial charge in [-0.2, -0.15) is 0 Å². The van der Waals surface area contributed by atoms with Crippen LogP contribution in [0.25, 0.3) is 0 Å². The lowest BCUT2D eigenvalue weighted by Crippen LogP contribution is -2.50. The fourth-order valence-corrected chi connectivity index (χ4v) is 3.90. The van der Waals surface area contributed by atoms with Crippen molar-refractivity contribution in [3.05, 3.63) is 17.0 Å². The molecule has 0 aromatic carbocycles. The molecule has 6 heteroatoms. The summed E-state index contributed by atoms with van der Waals surface area (Å²) >= 11 is 0. The summed E-state index contributed by atoms with van der Waals surface area (Å²) in [6.07, 6.45) is 5.42. The standard InChI is InChI=1S/C18H26N2O4/c1-12-15(13(2)24-19-12)6-7-16(21)20-9-3-8-18(11-20,17(22)23)10-14-4-5-14/h14H,3-11H2,1-2H3,(H,22,23)/t18-/m1/s1. The number of nitrogens with zero attached hydrogens (tertiary/aromatic N) is 2. The number of piperidine rings is 1. The lowest BCUT2D eigenvalue weighted by molar-refractivity contribution is -0.156. The fourth-order valence-electron chi connectivity index (χ4n) is 3.90. The lowest BCUT2D eigenvalue weighted by Gasteiger charge is -2.40. The van der Waals surface area contributed by atoms with Gasteiger partial charge in [-0.1, -0.05) is 18.0 Å². The maximum atomic E-state index is 12.6. The summed E-state index contributed by atoms with van der Waals surface area (Å²) in [7, 11) is 0. The number of rotatable bonds is 6. The van der Waals surface area contributed by atoms with E-state index in [1.54, 1.807) is 4.90 Å². The van der Waals surface area contributed by atoms with Crippen LogP contribution in [0.15, 0.2) is 4.52 Å². The highest BCUT2D eigenvalue weighted by Crippen LogP contribution is 2.45. The van der Waals surface area contributed by atoms with Gasteiger partial charge < -0.3 is 14.5 Å². The van der Waals surface area contributed by atoms with Crippen molar-refractivity contribution in [2.75, 3.05) is 13.1 Å². The Labute approximate surface area is 142 Å². The zero-order valence-electron chi connectivity index (χ0n) is 14.5. The Morgan fingerprint density at radius 2 is 2.12 bits per heavy atom. The largest absolute Gasteiger partial charge is 0.481 e. The molecule has 1 aliphatic heterocycles. The molecule has 2 heterocycles. The smallest absolute Gasteiger partial charge is 0.311 e. The van der Waals surface area contributed by atoms with E-state index in [9.17, 15) is 14.7 Å². The number of aliphatic carboxylic acids is 1. The normalized spacial score (nSPS) is 24.2. The van der Waals surface area contributed by atoms with Crippen LogP contribution in [0.3, 0.4) is 0 Å². The molecule has 1 saturated carbocycles. The lowest BCUT2D eigenvalue weighted by atomic mass is 9.75. The molecule has 2 aliphatic rings. The Kier molecular flexibility index (Phi) is 4.65. The average molecular weight is 334 g/mol. The van der Waals surface area contributed by atoms with Crippen LogP contribution in [0.1, 0.15) is 55.5 Å². The molecule has 0 spiro atoms. The molecule has 1 atom stereocenters. The fraction of sp³-hybridized carbons (Fsp3) is 0.722. The number of hydrogen-bond acceptors (Lipinski definition) is 4. The second kappa shape index (κ2) is 6.57. The molecule has 1 aliphatic carbocycles. The second-order valence-corrected chi connectivity index (χ2v) is 7.45. The van der Waals surface area contributed by atoms with E-state index in [2.05, 4.69) is 5.16 Å². The van der Waals surface area contributed by atoms with Gasteiger partial charge in [0, 0.05) is 25.1 Å². The predicted molar refractivity (Wildman–Crippen MR) is 87.5 cm³/mol. The Morgan fingerprint density at radius 3 is 2.71 bits per heavy atom. The first-order valence-electron chi connectivity index (χ1n) is 8.84. The third kappa shape index (κ3) is 3.47. The van der Waals surface area contributed by atoms with Gasteiger partial charge in [-0.3, -0.25) is 9.59 Å². The number of carbonyl (C=O) groups excluding carboxylic acids is 1. The minimum atomic E-state index is -0.738. The van der Waals surface area contributed by atoms with Crippen molar-refractivity contribution >= 4 is 11.9 Å². The SMILES string of the molecule is Cc1noc(C)c1CCC(=O)N1CCC[C@](CC2CC2)(C(=O)O)C1. The van der Waals surface area contributed by atoms with Gasteiger partial charge in [-0.15, -0.1) is 0 Å². The molecule has 1 N–H and O–H groups in total. The van der Waals surface area contributed by atoms with Crippen LogP contribution in [-0.2, 0) is 16.0 Å². The predicted octanol–water partition coefficient (Wildman–Crippen LogP) is 2.72. The Morgan fingerprint density at radius 1 is 1.38 bits per heavy atom. The van der Waals surface area contributed by atoms with Crippen molar-refractivity contribution in [3.63, 3.8) is 0 Å². The molecule has 3 rings (SSSR count). The molecular formula is C18H26N2O4. The van der Waals surface area contributed by atoms with Crippen LogP contribution in [0.5, 0.6) is 0 Å². The van der Waals surface area contributed by atoms with Crippen LogP contribution < -0.4 is 0 Å². The molecule has 1 amide bonds. The van der Waals surface area contributed by atoms with Crippen LogP contribution in [0, 0.1) is 25.2 Å². The van der Waals surface area contributed by atoms with Crippen molar-refractivity contribution in [1.29, 1.82) is 0 Å². The summed E-state index contributed by atoms with van der Waals surface area (Å²) in [6, 6.07) is 0. The second-order valence-electron chi connectivity index (χ2n) is 7.45. The van der Waals surface area contributed by atoms with Crippen molar-refractivity contribution < 1.29 is 19.2 Å². The Hall–Kier alpha value is -1.85. The van der Waals surface area contributed by atoms with E-state index in [-0.39, 0.29) is 5.91 Å². The van der Waals surface area contributed by atoms with E-state index in [0.29, 0.717) is 38.3 Å². The molecule has 1 aromatic rings. The molecule has 0 radical (unpaired) electrons. The van der Waals surface area contributed by atoms with Crippen molar-refractivity contribution in [2.45, 2.75) is 58.8 Å². The maximum Gasteiger partial charge on any atom is 0.311 e. The van der Waals surface area contributed by atoms with Gasteiger partial charge in [0.25, 0.3) is 0 Å². The minimum absolute atomic E-state index is 0.0381. The van der Waals surface area contributed by atoms with Crippen LogP contribution in [-0.4, -0.2) is 40.1 Å². The van der Waals surface area contributed by atoms with Gasteiger partial charge in [-0.25, -0.2) is 0 Å². The summed E-state index contributed by atoms with van der Waals surface area (Å²) in [5.74, 6) is 0.597. The number of likely N-dealkylation sites (tertiary alicyclic amines) is 1. The molecule has 2 fully saturated rings. The topological polar surface area (TPSA) is 83.6 Å². The van der Waals surface area contributed by atoms with Crippen molar-refractivity contribution in [3.8, 4) is 0 Å². The number of aromatic nitrogens is 1. The summed E-state index contributed by atoms with van der Waals surface area (Å²) < 4.78 is 5.14. The number of carboxylic acid groups (broad SMARTS) is 1. The van der Waals surface area contributed by atoms with E-state index >= 15 is 0 Å². The highest BCUT2D eigenvalue weighted by atomic mass is 16.5. The van der Waals surface area contributed by atoms with Gasteiger partial charge in [-0.05, 0) is 45.4 Å². The van der Waals surface area contributed by atoms with E-state index in [1.165, 1.54) is 0 Å². The Bertz CT molecular complexity index is 615. The van der Waals surface area contributed by atoms with Gasteiger partial charge in [0.1, 0.15) is 5.76 Å². The quantitative estimate of drug-likeness (QED) is 0.865. The van der Waals surface area contributed by atoms with Crippen LogP contribution in [0.2, 0.25) is 0 Å². The number of aryl methyl sites for hydroxylation is 2. The zero-order chi connectivity index (χ0) is 17.3. The summed E-state index contributed by atoms with van der Waals surface area (Å²) in [6.45, 7) is 4.76. The van der Waals surface area contributed by atoms with Gasteiger partial charge >= 0.3 is 5.97 Å². The number of hydrogen-bond donors (Lipinski definition) is 1. The van der Waals surface area contributed by atoms with E-state index in [4.69, 9.17) is 4.52 Å². The van der Waals surface area contributed by atoms with Crippen molar-refractivity contribution in [1.82, 2.24) is 10.1 Å². The van der Waals surface area contributed by atoms with Crippen LogP contribution >= 0.6 is 0 Å². The molecular weight excluding hydrogens is 308 g/mol. The first-order valence-corrected chi connectivity index (χ1v) is 8.84. The minimum Gasteiger partial charge on any atom is -0.481 e. The summed E-state index contributed by atoms with van der Waals surface area (Å²) in [5, 5.41) is 13.7. The zero-order valence-corrected chi connectivity index (χ0v) is 14.5. The molecule has 6 nitrogen and oxygen atoms in total. The first kappa shape index (κ1) is 17.0. The highest BCUT2D eigenvalue weighted by Gasteiger charge is 2.46. The molecule has 0 bridgehead atoms. The summed E-state index contributed by atoms with van der Waals surface area (Å²) in [5.41, 5.74) is 1.08. The number of amides is 1. The number of carboxylic acids is 1. The van der Waals surface area contributed by atoms with Crippen LogP contribution in [0.4, 0.5) is 0 Å². The highest BCUT2D eigenvalue weighted by molar-refractivity contribution is 5.80. The summed E-state index contributed by atoms with van der Waals surface area (Å²) in [4.78, 5) is 26.3. The third-order valence-electron chi connectivity index (χ3n) is 5.53. The molecule has 24 heavy (non-hydrogen) atoms. The van der Waals surface area contributed by atoms with E-state index in [1.807, 2.05) is 13.8 Å². The molecule has 1 saturated heterocycles. The van der Waals surface area contributed by atoms with Crippen molar-refractivity contribution in [2.24, 2.45) is 11.3 Å². The van der Waals surface area contributed by atoms with Gasteiger partial charge in [0.2, 0.25) is 5.91 Å². The monoisotopic (exact) mass is 334 g/mol. The Balaban J connectivity index is 1.63. The van der Waals surface area contributed by atoms with Gasteiger partial charge in [0.05, 0.1) is 11.1 Å². The van der Waals surface area contributed by atoms with E-state index < -0.39 is 11.4 Å². The molecule has 1 aromatic heterocycles.